The number of nitrogens with zero attached hydrogens (tertiary/aromatic N) is 4. The molecule has 0 radical (unpaired) electrons. The lowest BCUT2D eigenvalue weighted by Crippen LogP contribution is -2.13. The minimum absolute atomic E-state index is 0.00109. The molecule has 28 heavy (non-hydrogen) atoms. The summed E-state index contributed by atoms with van der Waals surface area (Å²) in [5.41, 5.74) is 2.41. The zero-order valence-electron chi connectivity index (χ0n) is 14.6. The molecule has 0 atom stereocenters. The van der Waals surface area contributed by atoms with E-state index in [2.05, 4.69) is 36.2 Å². The van der Waals surface area contributed by atoms with E-state index >= 15 is 0 Å². The fourth-order valence-corrected chi connectivity index (χ4v) is 3.62. The Morgan fingerprint density at radius 3 is 2.64 bits per heavy atom. The van der Waals surface area contributed by atoms with Crippen LogP contribution >= 0.6 is 27.3 Å². The molecule has 4 aromatic rings. The number of benzene rings is 2. The van der Waals surface area contributed by atoms with Crippen LogP contribution in [0, 0.1) is 6.92 Å². The molecule has 2 N–H and O–H groups in total. The Kier molecular flexibility index (Phi) is 4.93. The summed E-state index contributed by atoms with van der Waals surface area (Å²) in [5, 5.41) is 23.2. The SMILES string of the molecule is Cc1[nH]n(-c2nc(-c3ccc(Br)cc3)cs2)c(=O)c1N=Nc1ccccc1O. The van der Waals surface area contributed by atoms with E-state index in [0.29, 0.717) is 16.5 Å². The van der Waals surface area contributed by atoms with Crippen molar-refractivity contribution < 1.29 is 5.11 Å². The van der Waals surface area contributed by atoms with E-state index in [1.807, 2.05) is 29.6 Å². The number of aromatic hydroxyl groups is 1. The van der Waals surface area contributed by atoms with Gasteiger partial charge in [0.2, 0.25) is 5.13 Å². The molecule has 2 aromatic carbocycles. The van der Waals surface area contributed by atoms with E-state index in [1.165, 1.54) is 22.1 Å². The number of H-pyrrole nitrogens is 1. The molecule has 4 rings (SSSR count). The molecule has 2 aromatic heterocycles. The molecule has 0 amide bonds. The number of rotatable bonds is 4. The van der Waals surface area contributed by atoms with Crippen LogP contribution in [0.2, 0.25) is 0 Å². The molecule has 7 nitrogen and oxygen atoms in total. The summed E-state index contributed by atoms with van der Waals surface area (Å²) in [7, 11) is 0. The van der Waals surface area contributed by atoms with Crippen LogP contribution in [0.1, 0.15) is 5.69 Å². The van der Waals surface area contributed by atoms with Crippen LogP contribution in [0.15, 0.2) is 73.4 Å². The zero-order valence-corrected chi connectivity index (χ0v) is 17.0. The third-order valence-corrected chi connectivity index (χ3v) is 5.36. The molecule has 0 unspecified atom stereocenters. The van der Waals surface area contributed by atoms with Crippen molar-refractivity contribution >= 4 is 38.6 Å². The summed E-state index contributed by atoms with van der Waals surface area (Å²) >= 11 is 4.76. The number of azo groups is 1. The molecule has 9 heteroatoms. The number of para-hydroxylation sites is 1. The highest BCUT2D eigenvalue weighted by molar-refractivity contribution is 9.10. The van der Waals surface area contributed by atoms with Crippen LogP contribution < -0.4 is 5.56 Å². The van der Waals surface area contributed by atoms with Gasteiger partial charge in [-0.15, -0.1) is 21.6 Å². The van der Waals surface area contributed by atoms with E-state index < -0.39 is 0 Å². The zero-order chi connectivity index (χ0) is 19.7. The Hall–Kier alpha value is -3.04. The van der Waals surface area contributed by atoms with E-state index in [9.17, 15) is 9.90 Å². The predicted octanol–water partition coefficient (Wildman–Crippen LogP) is 5.48. The van der Waals surface area contributed by atoms with Crippen molar-refractivity contribution in [2.45, 2.75) is 6.92 Å². The second-order valence-electron chi connectivity index (χ2n) is 5.94. The molecule has 0 aliphatic heterocycles. The van der Waals surface area contributed by atoms with Crippen molar-refractivity contribution in [3.05, 3.63) is 74.4 Å². The number of hydrogen-bond acceptors (Lipinski definition) is 6. The van der Waals surface area contributed by atoms with Gasteiger partial charge in [-0.05, 0) is 31.2 Å². The highest BCUT2D eigenvalue weighted by Gasteiger charge is 2.15. The lowest BCUT2D eigenvalue weighted by Gasteiger charge is -1.97. The van der Waals surface area contributed by atoms with Crippen molar-refractivity contribution in [3.63, 3.8) is 0 Å². The van der Waals surface area contributed by atoms with Gasteiger partial charge in [0.25, 0.3) is 0 Å². The van der Waals surface area contributed by atoms with Gasteiger partial charge < -0.3 is 5.11 Å². The maximum absolute atomic E-state index is 12.8. The van der Waals surface area contributed by atoms with Crippen molar-refractivity contribution in [2.24, 2.45) is 10.2 Å². The van der Waals surface area contributed by atoms with Crippen LogP contribution in [0.4, 0.5) is 11.4 Å². The first-order chi connectivity index (χ1) is 13.5. The van der Waals surface area contributed by atoms with Crippen molar-refractivity contribution in [2.75, 3.05) is 0 Å². The molecule has 0 spiro atoms. The number of halogens is 1. The van der Waals surface area contributed by atoms with Crippen LogP contribution in [-0.4, -0.2) is 19.9 Å². The number of hydrogen-bond donors (Lipinski definition) is 2. The minimum atomic E-state index is -0.353. The van der Waals surface area contributed by atoms with Crippen molar-refractivity contribution in [3.8, 4) is 22.1 Å². The van der Waals surface area contributed by atoms with Gasteiger partial charge in [-0.2, -0.15) is 4.68 Å². The lowest BCUT2D eigenvalue weighted by molar-refractivity contribution is 0.476. The normalized spacial score (nSPS) is 11.4. The number of phenols is 1. The Morgan fingerprint density at radius 1 is 1.14 bits per heavy atom. The van der Waals surface area contributed by atoms with Gasteiger partial charge >= 0.3 is 5.56 Å². The summed E-state index contributed by atoms with van der Waals surface area (Å²) in [4.78, 5) is 17.3. The monoisotopic (exact) mass is 455 g/mol. The summed E-state index contributed by atoms with van der Waals surface area (Å²) < 4.78 is 2.34. The van der Waals surface area contributed by atoms with Gasteiger partial charge in [-0.25, -0.2) is 4.98 Å². The molecule has 0 aliphatic rings. The molecule has 0 fully saturated rings. The third kappa shape index (κ3) is 3.54. The van der Waals surface area contributed by atoms with Crippen molar-refractivity contribution in [1.29, 1.82) is 0 Å². The lowest BCUT2D eigenvalue weighted by atomic mass is 10.2. The molecule has 140 valence electrons. The highest BCUT2D eigenvalue weighted by Crippen LogP contribution is 2.28. The van der Waals surface area contributed by atoms with E-state index in [0.717, 1.165) is 15.7 Å². The Bertz CT molecular complexity index is 1220. The number of aryl methyl sites for hydroxylation is 1. The summed E-state index contributed by atoms with van der Waals surface area (Å²) in [5.74, 6) is -0.00109. The fraction of sp³-hybridized carbons (Fsp3) is 0.0526. The Balaban J connectivity index is 1.67. The van der Waals surface area contributed by atoms with E-state index in [-0.39, 0.29) is 17.0 Å². The summed E-state index contributed by atoms with van der Waals surface area (Å²) in [6, 6.07) is 14.3. The standard InChI is InChI=1S/C19H14BrN5O2S/c1-11-17(23-22-14-4-2-3-5-16(14)26)18(27)25(24-11)19-21-15(10-28-19)12-6-8-13(20)9-7-12/h2-10,24,26H,1H3. The number of aromatic amines is 1. The molecular formula is C19H14BrN5O2S. The van der Waals surface area contributed by atoms with E-state index in [1.54, 1.807) is 25.1 Å². The van der Waals surface area contributed by atoms with Gasteiger partial charge in [-0.1, -0.05) is 40.2 Å². The average molecular weight is 456 g/mol. The third-order valence-electron chi connectivity index (χ3n) is 4.00. The maximum atomic E-state index is 12.8. The molecule has 0 bridgehead atoms. The van der Waals surface area contributed by atoms with Gasteiger partial charge in [0.15, 0.2) is 5.69 Å². The van der Waals surface area contributed by atoms with Gasteiger partial charge in [0, 0.05) is 15.4 Å². The smallest absolute Gasteiger partial charge is 0.301 e. The maximum Gasteiger partial charge on any atom is 0.301 e. The average Bonchev–Trinajstić information content (AvgIpc) is 3.27. The quantitative estimate of drug-likeness (QED) is 0.398. The second kappa shape index (κ2) is 7.53. The van der Waals surface area contributed by atoms with Gasteiger partial charge in [0.05, 0.1) is 11.4 Å². The number of nitrogens with one attached hydrogen (secondary N) is 1. The first-order valence-corrected chi connectivity index (χ1v) is 9.93. The predicted molar refractivity (Wildman–Crippen MR) is 112 cm³/mol. The Morgan fingerprint density at radius 2 is 1.89 bits per heavy atom. The minimum Gasteiger partial charge on any atom is -0.506 e. The van der Waals surface area contributed by atoms with Crippen LogP contribution in [0.3, 0.4) is 0 Å². The van der Waals surface area contributed by atoms with Gasteiger partial charge in [0.1, 0.15) is 11.4 Å². The first kappa shape index (κ1) is 18.3. The van der Waals surface area contributed by atoms with Crippen LogP contribution in [0.25, 0.3) is 16.4 Å². The number of aromatic nitrogens is 3. The number of thiazole rings is 1. The fourth-order valence-electron chi connectivity index (χ4n) is 2.56. The molecular weight excluding hydrogens is 442 g/mol. The second-order valence-corrected chi connectivity index (χ2v) is 7.69. The molecule has 0 saturated heterocycles. The number of phenolic OH excluding ortho intramolecular Hbond substituents is 1. The summed E-state index contributed by atoms with van der Waals surface area (Å²) in [6.45, 7) is 1.74. The van der Waals surface area contributed by atoms with Gasteiger partial charge in [-0.3, -0.25) is 9.89 Å². The van der Waals surface area contributed by atoms with Crippen molar-refractivity contribution in [1.82, 2.24) is 14.8 Å². The molecule has 2 heterocycles. The largest absolute Gasteiger partial charge is 0.506 e. The molecule has 0 aliphatic carbocycles. The topological polar surface area (TPSA) is 95.6 Å². The van der Waals surface area contributed by atoms with Crippen LogP contribution in [0.5, 0.6) is 5.75 Å². The molecule has 0 saturated carbocycles. The van der Waals surface area contributed by atoms with E-state index in [4.69, 9.17) is 0 Å². The first-order valence-electron chi connectivity index (χ1n) is 8.26. The highest BCUT2D eigenvalue weighted by atomic mass is 79.9. The van der Waals surface area contributed by atoms with Crippen LogP contribution in [-0.2, 0) is 0 Å². The Labute approximate surface area is 172 Å². The summed E-state index contributed by atoms with van der Waals surface area (Å²) in [6.07, 6.45) is 0.